The summed E-state index contributed by atoms with van der Waals surface area (Å²) in [7, 11) is -4.24. The molecule has 2 heterocycles. The van der Waals surface area contributed by atoms with E-state index in [1.54, 1.807) is 23.0 Å². The van der Waals surface area contributed by atoms with Crippen molar-refractivity contribution in [3.05, 3.63) is 89.0 Å². The molecule has 0 aliphatic rings. The Balaban J connectivity index is 1.49. The van der Waals surface area contributed by atoms with Gasteiger partial charge in [0.05, 0.1) is 20.9 Å². The first-order chi connectivity index (χ1) is 15.5. The number of rotatable bonds is 5. The lowest BCUT2D eigenvalue weighted by Crippen LogP contribution is -2.23. The molecule has 2 aromatic carbocycles. The van der Waals surface area contributed by atoms with E-state index in [4.69, 9.17) is 11.6 Å². The number of halogens is 4. The van der Waals surface area contributed by atoms with Crippen molar-refractivity contribution in [3.63, 3.8) is 0 Å². The molecule has 0 atom stereocenters. The number of benzene rings is 2. The van der Waals surface area contributed by atoms with Crippen LogP contribution in [0.2, 0.25) is 5.02 Å². The maximum atomic E-state index is 13.0. The highest BCUT2D eigenvalue weighted by Gasteiger charge is 2.32. The van der Waals surface area contributed by atoms with Gasteiger partial charge in [-0.05, 0) is 35.9 Å². The Kier molecular flexibility index (Phi) is 5.85. The van der Waals surface area contributed by atoms with Gasteiger partial charge in [-0.15, -0.1) is 0 Å². The van der Waals surface area contributed by atoms with Gasteiger partial charge in [-0.3, -0.25) is 9.20 Å². The summed E-state index contributed by atoms with van der Waals surface area (Å²) < 4.78 is 66.3. The number of imidazole rings is 1. The van der Waals surface area contributed by atoms with Crippen molar-refractivity contribution < 1.29 is 26.4 Å². The molecule has 4 aromatic rings. The predicted octanol–water partition coefficient (Wildman–Crippen LogP) is 4.16. The maximum Gasteiger partial charge on any atom is 0.416 e. The van der Waals surface area contributed by atoms with Gasteiger partial charge in [0.1, 0.15) is 0 Å². The number of alkyl halides is 3. The molecule has 0 radical (unpaired) electrons. The number of fused-ring (bicyclic) bond motifs is 1. The molecule has 7 nitrogen and oxygen atoms in total. The van der Waals surface area contributed by atoms with Crippen LogP contribution in [-0.2, 0) is 22.6 Å². The third-order valence-corrected chi connectivity index (χ3v) is 6.67. The van der Waals surface area contributed by atoms with E-state index in [0.29, 0.717) is 29.0 Å². The second-order valence-corrected chi connectivity index (χ2v) is 9.37. The molecule has 0 saturated carbocycles. The summed E-state index contributed by atoms with van der Waals surface area (Å²) >= 11 is 5.71. The van der Waals surface area contributed by atoms with Gasteiger partial charge in [0.2, 0.25) is 15.6 Å². The van der Waals surface area contributed by atoms with Crippen molar-refractivity contribution >= 4 is 33.1 Å². The molecule has 0 saturated heterocycles. The summed E-state index contributed by atoms with van der Waals surface area (Å²) in [5.41, 5.74) is -0.265. The fourth-order valence-electron chi connectivity index (χ4n) is 3.02. The average molecular weight is 495 g/mol. The molecule has 0 aliphatic heterocycles. The molecular formula is C21H14ClF3N4O3S. The Morgan fingerprint density at radius 1 is 1.06 bits per heavy atom. The first-order valence-corrected chi connectivity index (χ1v) is 11.2. The van der Waals surface area contributed by atoms with Crippen molar-refractivity contribution in [1.29, 1.82) is 0 Å². The second kappa shape index (κ2) is 8.49. The van der Waals surface area contributed by atoms with Gasteiger partial charge in [-0.1, -0.05) is 23.7 Å². The van der Waals surface area contributed by atoms with Crippen LogP contribution >= 0.6 is 11.6 Å². The van der Waals surface area contributed by atoms with E-state index in [0.717, 1.165) is 6.07 Å². The van der Waals surface area contributed by atoms with Crippen LogP contribution in [-0.4, -0.2) is 28.7 Å². The molecule has 0 spiro atoms. The number of sulfone groups is 1. The zero-order valence-corrected chi connectivity index (χ0v) is 18.1. The smallest absolute Gasteiger partial charge is 0.348 e. The van der Waals surface area contributed by atoms with E-state index in [1.165, 1.54) is 30.5 Å². The minimum absolute atomic E-state index is 0.0938. The predicted molar refractivity (Wildman–Crippen MR) is 113 cm³/mol. The highest BCUT2D eigenvalue weighted by molar-refractivity contribution is 7.91. The molecule has 1 N–H and O–H groups in total. The van der Waals surface area contributed by atoms with E-state index in [1.807, 2.05) is 0 Å². The zero-order valence-electron chi connectivity index (χ0n) is 16.5. The third kappa shape index (κ3) is 4.83. The number of carbonyl (C=O) groups excluding carboxylic acids is 1. The monoisotopic (exact) mass is 494 g/mol. The minimum atomic E-state index is -4.74. The SMILES string of the molecule is O=C(NCc1ccc(S(=O)(=O)c2cc(Cl)cc(C(F)(F)F)c2)cc1)c1cnc2nccn2c1. The first kappa shape index (κ1) is 22.7. The summed E-state index contributed by atoms with van der Waals surface area (Å²) in [6.07, 6.45) is 1.41. The van der Waals surface area contributed by atoms with Gasteiger partial charge in [0, 0.05) is 36.4 Å². The fraction of sp³-hybridized carbons (Fsp3) is 0.0952. The molecule has 0 bridgehead atoms. The van der Waals surface area contributed by atoms with Gasteiger partial charge in [0.25, 0.3) is 5.91 Å². The van der Waals surface area contributed by atoms with E-state index in [-0.39, 0.29) is 16.5 Å². The van der Waals surface area contributed by atoms with Crippen LogP contribution in [0.15, 0.2) is 77.0 Å². The third-order valence-electron chi connectivity index (χ3n) is 4.70. The first-order valence-electron chi connectivity index (χ1n) is 9.33. The highest BCUT2D eigenvalue weighted by atomic mass is 35.5. The van der Waals surface area contributed by atoms with Crippen LogP contribution in [0.3, 0.4) is 0 Å². The van der Waals surface area contributed by atoms with Crippen molar-refractivity contribution in [2.45, 2.75) is 22.5 Å². The van der Waals surface area contributed by atoms with Crippen LogP contribution in [0.5, 0.6) is 0 Å². The van der Waals surface area contributed by atoms with Crippen molar-refractivity contribution in [3.8, 4) is 0 Å². The number of carbonyl (C=O) groups is 1. The summed E-state index contributed by atoms with van der Waals surface area (Å²) in [5.74, 6) is 0.0545. The topological polar surface area (TPSA) is 93.4 Å². The van der Waals surface area contributed by atoms with Gasteiger partial charge >= 0.3 is 6.18 Å². The van der Waals surface area contributed by atoms with Gasteiger partial charge in [-0.2, -0.15) is 13.2 Å². The van der Waals surface area contributed by atoms with E-state index < -0.39 is 32.4 Å². The van der Waals surface area contributed by atoms with Gasteiger partial charge in [-0.25, -0.2) is 18.4 Å². The number of aromatic nitrogens is 3. The van der Waals surface area contributed by atoms with Crippen LogP contribution in [0.1, 0.15) is 21.5 Å². The minimum Gasteiger partial charge on any atom is -0.348 e. The molecule has 2 aromatic heterocycles. The molecule has 33 heavy (non-hydrogen) atoms. The molecule has 4 rings (SSSR count). The fourth-order valence-corrected chi connectivity index (χ4v) is 4.65. The Labute approximate surface area is 190 Å². The van der Waals surface area contributed by atoms with Gasteiger partial charge < -0.3 is 5.32 Å². The summed E-state index contributed by atoms with van der Waals surface area (Å²) in [4.78, 5) is 19.6. The molecule has 0 aliphatic carbocycles. The normalized spacial score (nSPS) is 12.1. The lowest BCUT2D eigenvalue weighted by molar-refractivity contribution is -0.137. The Morgan fingerprint density at radius 3 is 2.48 bits per heavy atom. The lowest BCUT2D eigenvalue weighted by atomic mass is 10.2. The maximum absolute atomic E-state index is 13.0. The average Bonchev–Trinajstić information content (AvgIpc) is 3.24. The Hall–Kier alpha value is -3.44. The van der Waals surface area contributed by atoms with Crippen LogP contribution in [0.4, 0.5) is 13.2 Å². The molecular weight excluding hydrogens is 481 g/mol. The lowest BCUT2D eigenvalue weighted by Gasteiger charge is -2.11. The summed E-state index contributed by atoms with van der Waals surface area (Å²) in [6, 6.07) is 7.59. The quantitative estimate of drug-likeness (QED) is 0.449. The molecule has 0 unspecified atom stereocenters. The number of amides is 1. The number of hydrogen-bond donors (Lipinski definition) is 1. The van der Waals surface area contributed by atoms with Crippen molar-refractivity contribution in [2.24, 2.45) is 0 Å². The molecule has 1 amide bonds. The van der Waals surface area contributed by atoms with Crippen LogP contribution in [0.25, 0.3) is 5.78 Å². The highest BCUT2D eigenvalue weighted by Crippen LogP contribution is 2.34. The summed E-state index contributed by atoms with van der Waals surface area (Å²) in [6.45, 7) is 0.0938. The Bertz CT molecular complexity index is 1450. The zero-order chi connectivity index (χ0) is 23.8. The van der Waals surface area contributed by atoms with Crippen molar-refractivity contribution in [1.82, 2.24) is 19.7 Å². The van der Waals surface area contributed by atoms with Crippen LogP contribution < -0.4 is 5.32 Å². The van der Waals surface area contributed by atoms with E-state index >= 15 is 0 Å². The Morgan fingerprint density at radius 2 is 1.79 bits per heavy atom. The standard InChI is InChI=1S/C21H14ClF3N4O3S/c22-16-7-15(21(23,24)25)8-18(9-16)33(31,32)17-3-1-13(2-4-17)10-27-19(30)14-11-28-20-26-5-6-29(20)12-14/h1-9,11-12H,10H2,(H,27,30). The van der Waals surface area contributed by atoms with E-state index in [2.05, 4.69) is 15.3 Å². The number of hydrogen-bond acceptors (Lipinski definition) is 5. The number of nitrogens with one attached hydrogen (secondary N) is 1. The number of nitrogens with zero attached hydrogens (tertiary/aromatic N) is 3. The molecule has 12 heteroatoms. The van der Waals surface area contributed by atoms with Gasteiger partial charge in [0.15, 0.2) is 0 Å². The van der Waals surface area contributed by atoms with E-state index in [9.17, 15) is 26.4 Å². The molecule has 170 valence electrons. The summed E-state index contributed by atoms with van der Waals surface area (Å²) in [5, 5.41) is 2.35. The largest absolute Gasteiger partial charge is 0.416 e. The second-order valence-electron chi connectivity index (χ2n) is 6.98. The molecule has 0 fully saturated rings. The van der Waals surface area contributed by atoms with Crippen LogP contribution in [0, 0.1) is 0 Å². The van der Waals surface area contributed by atoms with Crippen molar-refractivity contribution in [2.75, 3.05) is 0 Å².